The summed E-state index contributed by atoms with van der Waals surface area (Å²) in [7, 11) is -3.63. The number of hydrogen-bond donors (Lipinski definition) is 0. The lowest BCUT2D eigenvalue weighted by Gasteiger charge is -2.60. The molecule has 0 spiro atoms. The smallest absolute Gasteiger partial charge is 0.264 e. The monoisotopic (exact) mass is 382 g/mol. The van der Waals surface area contributed by atoms with Crippen molar-refractivity contribution in [1.29, 1.82) is 0 Å². The van der Waals surface area contributed by atoms with Crippen LogP contribution in [0.4, 0.5) is 0 Å². The molecule has 3 rings (SSSR count). The SMILES string of the molecule is C=CC1(C)CC(=O)C2(C)C(C)CCC3(CCCC32)C(C)C1OS(C)(=O)=O. The Labute approximate surface area is 158 Å². The second-order valence-electron chi connectivity index (χ2n) is 9.72. The van der Waals surface area contributed by atoms with Gasteiger partial charge in [0.25, 0.3) is 10.1 Å². The second-order valence-corrected chi connectivity index (χ2v) is 11.3. The lowest BCUT2D eigenvalue weighted by molar-refractivity contribution is -0.165. The van der Waals surface area contributed by atoms with E-state index in [0.29, 0.717) is 18.3 Å². The van der Waals surface area contributed by atoms with Crippen molar-refractivity contribution >= 4 is 15.9 Å². The second kappa shape index (κ2) is 6.16. The van der Waals surface area contributed by atoms with Crippen LogP contribution in [-0.4, -0.2) is 26.6 Å². The summed E-state index contributed by atoms with van der Waals surface area (Å²) in [6.07, 6.45) is 7.94. The average Bonchev–Trinajstić information content (AvgIpc) is 3.00. The van der Waals surface area contributed by atoms with Gasteiger partial charge in [0.05, 0.1) is 12.4 Å². The van der Waals surface area contributed by atoms with Crippen molar-refractivity contribution in [3.05, 3.63) is 12.7 Å². The molecule has 7 atom stereocenters. The third kappa shape index (κ3) is 2.72. The van der Waals surface area contributed by atoms with Gasteiger partial charge in [-0.3, -0.25) is 8.98 Å². The number of carbonyl (C=O) groups excluding carboxylic acids is 1. The fraction of sp³-hybridized carbons (Fsp3) is 0.857. The number of carbonyl (C=O) groups is 1. The summed E-state index contributed by atoms with van der Waals surface area (Å²) in [6, 6.07) is 0. The molecule has 0 N–H and O–H groups in total. The minimum Gasteiger partial charge on any atom is -0.299 e. The van der Waals surface area contributed by atoms with Crippen molar-refractivity contribution < 1.29 is 17.4 Å². The molecule has 0 aromatic rings. The van der Waals surface area contributed by atoms with Crippen LogP contribution in [0.25, 0.3) is 0 Å². The molecule has 0 aliphatic heterocycles. The maximum atomic E-state index is 13.6. The number of Topliss-reactive ketones (excluding diaryl/α,β-unsaturated/α-hetero) is 1. The van der Waals surface area contributed by atoms with E-state index in [1.165, 1.54) is 0 Å². The standard InChI is InChI=1S/C21H34O4S/c1-7-19(4)13-17(22)20(5)14(2)10-12-21(11-8-9-16(20)21)15(3)18(19)25-26(6,23)24/h7,14-16,18H,1,8-13H2,2-6H3. The van der Waals surface area contributed by atoms with Gasteiger partial charge < -0.3 is 0 Å². The van der Waals surface area contributed by atoms with Crippen molar-refractivity contribution in [3.8, 4) is 0 Å². The first kappa shape index (κ1) is 20.1. The summed E-state index contributed by atoms with van der Waals surface area (Å²) in [5, 5.41) is 0. The van der Waals surface area contributed by atoms with E-state index in [2.05, 4.69) is 27.4 Å². The fourth-order valence-corrected chi connectivity index (χ4v) is 7.51. The van der Waals surface area contributed by atoms with Gasteiger partial charge in [0.1, 0.15) is 5.78 Å². The van der Waals surface area contributed by atoms with Crippen LogP contribution in [0.1, 0.15) is 66.2 Å². The molecular weight excluding hydrogens is 348 g/mol. The highest BCUT2D eigenvalue weighted by molar-refractivity contribution is 7.86. The van der Waals surface area contributed by atoms with Crippen molar-refractivity contribution in [3.63, 3.8) is 0 Å². The van der Waals surface area contributed by atoms with Gasteiger partial charge in [0.2, 0.25) is 0 Å². The maximum absolute atomic E-state index is 13.6. The molecule has 3 saturated carbocycles. The highest BCUT2D eigenvalue weighted by atomic mass is 32.2. The van der Waals surface area contributed by atoms with Gasteiger partial charge >= 0.3 is 0 Å². The van der Waals surface area contributed by atoms with Crippen molar-refractivity contribution in [2.45, 2.75) is 72.3 Å². The molecule has 0 aromatic heterocycles. The molecule has 0 radical (unpaired) electrons. The third-order valence-electron chi connectivity index (χ3n) is 8.52. The lowest BCUT2D eigenvalue weighted by atomic mass is 9.44. The predicted octanol–water partition coefficient (Wildman–Crippen LogP) is 4.36. The van der Waals surface area contributed by atoms with Crippen molar-refractivity contribution in [2.75, 3.05) is 6.26 Å². The third-order valence-corrected chi connectivity index (χ3v) is 9.07. The van der Waals surface area contributed by atoms with Crippen LogP contribution in [0, 0.1) is 34.0 Å². The Bertz CT molecular complexity index is 714. The van der Waals surface area contributed by atoms with E-state index in [9.17, 15) is 13.2 Å². The van der Waals surface area contributed by atoms with E-state index < -0.39 is 21.6 Å². The molecule has 0 amide bonds. The highest BCUT2D eigenvalue weighted by Crippen LogP contribution is 2.68. The minimum atomic E-state index is -3.63. The summed E-state index contributed by atoms with van der Waals surface area (Å²) in [4.78, 5) is 13.6. The fourth-order valence-electron chi connectivity index (χ4n) is 6.74. The van der Waals surface area contributed by atoms with E-state index in [1.54, 1.807) is 6.08 Å². The van der Waals surface area contributed by atoms with Gasteiger partial charge in [-0.15, -0.1) is 6.58 Å². The Morgan fingerprint density at radius 3 is 2.42 bits per heavy atom. The first-order chi connectivity index (χ1) is 11.9. The molecular formula is C21H34O4S. The van der Waals surface area contributed by atoms with Gasteiger partial charge in [-0.2, -0.15) is 8.42 Å². The molecule has 26 heavy (non-hydrogen) atoms. The van der Waals surface area contributed by atoms with E-state index >= 15 is 0 Å². The molecule has 3 aliphatic rings. The van der Waals surface area contributed by atoms with E-state index in [0.717, 1.165) is 38.4 Å². The normalized spacial score (nSPS) is 49.2. The van der Waals surface area contributed by atoms with Gasteiger partial charge in [0, 0.05) is 17.3 Å². The summed E-state index contributed by atoms with van der Waals surface area (Å²) < 4.78 is 29.8. The topological polar surface area (TPSA) is 60.4 Å². The van der Waals surface area contributed by atoms with E-state index in [-0.39, 0.29) is 22.5 Å². The quantitative estimate of drug-likeness (QED) is 0.538. The van der Waals surface area contributed by atoms with Crippen LogP contribution in [0.15, 0.2) is 12.7 Å². The summed E-state index contributed by atoms with van der Waals surface area (Å²) in [6.45, 7) is 12.5. The van der Waals surface area contributed by atoms with Crippen LogP contribution < -0.4 is 0 Å². The van der Waals surface area contributed by atoms with Gasteiger partial charge in [0.15, 0.2) is 0 Å². The number of rotatable bonds is 3. The molecule has 0 aromatic carbocycles. The summed E-state index contributed by atoms with van der Waals surface area (Å²) in [5.41, 5.74) is -1.03. The van der Waals surface area contributed by atoms with Gasteiger partial charge in [-0.25, -0.2) is 0 Å². The average molecular weight is 383 g/mol. The van der Waals surface area contributed by atoms with Crippen molar-refractivity contribution in [2.24, 2.45) is 34.0 Å². The lowest BCUT2D eigenvalue weighted by Crippen LogP contribution is -2.60. The Hall–Kier alpha value is -0.680. The minimum absolute atomic E-state index is 0.0169. The molecule has 3 aliphatic carbocycles. The first-order valence-corrected chi connectivity index (χ1v) is 11.8. The Kier molecular flexibility index (Phi) is 4.76. The molecule has 5 heteroatoms. The molecule has 4 nitrogen and oxygen atoms in total. The Morgan fingerprint density at radius 1 is 1.19 bits per heavy atom. The maximum Gasteiger partial charge on any atom is 0.264 e. The van der Waals surface area contributed by atoms with Gasteiger partial charge in [-0.1, -0.05) is 40.2 Å². The largest absolute Gasteiger partial charge is 0.299 e. The van der Waals surface area contributed by atoms with Crippen LogP contribution in [-0.2, 0) is 19.1 Å². The zero-order chi connectivity index (χ0) is 19.5. The molecule has 148 valence electrons. The van der Waals surface area contributed by atoms with Crippen LogP contribution >= 0.6 is 0 Å². The summed E-state index contributed by atoms with van der Waals surface area (Å²) in [5.74, 6) is 1.01. The molecule has 0 heterocycles. The van der Waals surface area contributed by atoms with E-state index in [1.807, 2.05) is 6.92 Å². The Balaban J connectivity index is 2.20. The van der Waals surface area contributed by atoms with Crippen LogP contribution in [0.5, 0.6) is 0 Å². The van der Waals surface area contributed by atoms with Crippen LogP contribution in [0.3, 0.4) is 0 Å². The van der Waals surface area contributed by atoms with Gasteiger partial charge in [-0.05, 0) is 48.9 Å². The Morgan fingerprint density at radius 2 is 1.85 bits per heavy atom. The highest BCUT2D eigenvalue weighted by Gasteiger charge is 2.65. The molecule has 2 bridgehead atoms. The van der Waals surface area contributed by atoms with Crippen LogP contribution in [0.2, 0.25) is 0 Å². The van der Waals surface area contributed by atoms with Crippen molar-refractivity contribution in [1.82, 2.24) is 0 Å². The first-order valence-electron chi connectivity index (χ1n) is 9.96. The van der Waals surface area contributed by atoms with E-state index in [4.69, 9.17) is 4.18 Å². The zero-order valence-electron chi connectivity index (χ0n) is 16.9. The molecule has 0 saturated heterocycles. The number of ketones is 1. The summed E-state index contributed by atoms with van der Waals surface area (Å²) >= 11 is 0. The molecule has 7 unspecified atom stereocenters. The number of hydrogen-bond acceptors (Lipinski definition) is 4. The zero-order valence-corrected chi connectivity index (χ0v) is 17.7. The molecule has 3 fully saturated rings. The predicted molar refractivity (Wildman–Crippen MR) is 103 cm³/mol.